The molecule has 4 atom stereocenters. The van der Waals surface area contributed by atoms with Gasteiger partial charge >= 0.3 is 17.9 Å². The van der Waals surface area contributed by atoms with Gasteiger partial charge in [-0.3, -0.25) is 9.59 Å². The Labute approximate surface area is 297 Å². The van der Waals surface area contributed by atoms with E-state index in [-0.39, 0.29) is 18.6 Å². The lowest BCUT2D eigenvalue weighted by Crippen LogP contribution is -2.68. The fourth-order valence-electron chi connectivity index (χ4n) is 6.77. The van der Waals surface area contributed by atoms with Gasteiger partial charge < -0.3 is 19.3 Å². The minimum Gasteiger partial charge on any atom is -0.463 e. The average molecular weight is 685 g/mol. The number of hydrogen-bond donors (Lipinski definition) is 1. The number of allylic oxidation sites excluding steroid dienone is 1. The maximum Gasteiger partial charge on any atom is 0.347 e. The summed E-state index contributed by atoms with van der Waals surface area (Å²) < 4.78 is 16.8. The van der Waals surface area contributed by atoms with Crippen LogP contribution in [-0.2, 0) is 28.6 Å². The Bertz CT molecular complexity index is 1020. The molecule has 4 unspecified atom stereocenters. The van der Waals surface area contributed by atoms with Gasteiger partial charge in [-0.1, -0.05) is 138 Å². The molecular weight excluding hydrogens is 604 g/mol. The molecule has 0 amide bonds. The molecule has 0 spiro atoms. The first-order chi connectivity index (χ1) is 21.4. The van der Waals surface area contributed by atoms with E-state index in [0.29, 0.717) is 6.42 Å². The van der Waals surface area contributed by atoms with E-state index in [1.165, 1.54) is 0 Å². The zero-order chi connectivity index (χ0) is 39.5. The first-order valence-corrected chi connectivity index (χ1v) is 18.3. The van der Waals surface area contributed by atoms with Gasteiger partial charge in [0.1, 0.15) is 6.61 Å². The molecule has 286 valence electrons. The molecule has 7 heteroatoms. The van der Waals surface area contributed by atoms with Crippen LogP contribution < -0.4 is 0 Å². The summed E-state index contributed by atoms with van der Waals surface area (Å²) >= 11 is 0. The van der Waals surface area contributed by atoms with Gasteiger partial charge in [0.2, 0.25) is 6.10 Å². The number of cyclic esters (lactones) is 1. The minimum absolute atomic E-state index is 0.126. The van der Waals surface area contributed by atoms with Gasteiger partial charge in [-0.25, -0.2) is 4.79 Å². The van der Waals surface area contributed by atoms with Gasteiger partial charge in [-0.05, 0) is 59.7 Å². The molecular formula is C41H80O7. The van der Waals surface area contributed by atoms with Crippen LogP contribution in [0.1, 0.15) is 165 Å². The molecule has 1 saturated heterocycles. The van der Waals surface area contributed by atoms with Crippen LogP contribution in [0, 0.1) is 43.3 Å². The lowest BCUT2D eigenvalue weighted by molar-refractivity contribution is -0.238. The van der Waals surface area contributed by atoms with Gasteiger partial charge in [0, 0.05) is 6.42 Å². The van der Waals surface area contributed by atoms with Gasteiger partial charge in [0.05, 0.1) is 23.5 Å². The Balaban J connectivity index is -0.00000230. The largest absolute Gasteiger partial charge is 0.463 e. The fourth-order valence-corrected chi connectivity index (χ4v) is 6.77. The first-order valence-electron chi connectivity index (χ1n) is 18.3. The maximum atomic E-state index is 14.4. The molecule has 48 heavy (non-hydrogen) atoms. The van der Waals surface area contributed by atoms with Crippen molar-refractivity contribution < 1.29 is 33.7 Å². The van der Waals surface area contributed by atoms with E-state index in [2.05, 4.69) is 62.0 Å². The highest BCUT2D eigenvalue weighted by Crippen LogP contribution is 2.72. The summed E-state index contributed by atoms with van der Waals surface area (Å²) in [5.74, 6) is -1.44. The number of hydrogen-bond acceptors (Lipinski definition) is 7. The van der Waals surface area contributed by atoms with Crippen molar-refractivity contribution >= 4 is 17.9 Å². The van der Waals surface area contributed by atoms with Crippen LogP contribution in [0.4, 0.5) is 0 Å². The summed E-state index contributed by atoms with van der Waals surface area (Å²) in [5.41, 5.74) is -5.97. The highest BCUT2D eigenvalue weighted by atomic mass is 16.6. The molecule has 1 aliphatic heterocycles. The van der Waals surface area contributed by atoms with Gasteiger partial charge in [0.25, 0.3) is 0 Å². The monoisotopic (exact) mass is 685 g/mol. The number of esters is 3. The van der Waals surface area contributed by atoms with Crippen LogP contribution in [0.25, 0.3) is 0 Å². The molecule has 0 aliphatic carbocycles. The molecule has 0 aromatic carbocycles. The predicted molar refractivity (Wildman–Crippen MR) is 202 cm³/mol. The van der Waals surface area contributed by atoms with Gasteiger partial charge in [0.15, 0.2) is 0 Å². The zero-order valence-corrected chi connectivity index (χ0v) is 35.7. The van der Waals surface area contributed by atoms with Crippen molar-refractivity contribution in [3.63, 3.8) is 0 Å². The summed E-state index contributed by atoms with van der Waals surface area (Å²) in [6.07, 6.45) is 1.53. The Hall–Kier alpha value is -1.89. The molecule has 1 aliphatic rings. The summed E-state index contributed by atoms with van der Waals surface area (Å²) in [6, 6.07) is 0. The molecule has 1 heterocycles. The third-order valence-corrected chi connectivity index (χ3v) is 12.9. The normalized spacial score (nSPS) is 18.8. The summed E-state index contributed by atoms with van der Waals surface area (Å²) in [4.78, 5) is 40.9. The third-order valence-electron chi connectivity index (χ3n) is 12.9. The number of aliphatic hydroxyl groups is 1. The number of carbonyl (C=O) groups is 3. The highest BCUT2D eigenvalue weighted by Gasteiger charge is 2.72. The molecule has 7 nitrogen and oxygen atoms in total. The van der Waals surface area contributed by atoms with Crippen molar-refractivity contribution in [3.05, 3.63) is 12.7 Å². The predicted octanol–water partition coefficient (Wildman–Crippen LogP) is 10.6. The van der Waals surface area contributed by atoms with E-state index in [4.69, 9.17) is 14.2 Å². The average Bonchev–Trinajstić information content (AvgIpc) is 3.38. The molecule has 1 fully saturated rings. The van der Waals surface area contributed by atoms with E-state index in [9.17, 15) is 19.5 Å². The first kappa shape index (κ1) is 50.5. The molecule has 0 aromatic rings. The summed E-state index contributed by atoms with van der Waals surface area (Å²) in [7, 11) is 0. The van der Waals surface area contributed by atoms with E-state index in [1.54, 1.807) is 6.92 Å². The maximum absolute atomic E-state index is 14.4. The second kappa shape index (κ2) is 18.4. The number of aliphatic hydroxyl groups excluding tert-OH is 1. The van der Waals surface area contributed by atoms with Crippen LogP contribution in [0.3, 0.4) is 0 Å². The Kier molecular flexibility index (Phi) is 19.3. The summed E-state index contributed by atoms with van der Waals surface area (Å²) in [5, 5.41) is 10.0. The number of rotatable bonds is 11. The molecule has 1 N–H and O–H groups in total. The number of ether oxygens (including phenoxy) is 3. The minimum atomic E-state index is -1.16. The Morgan fingerprint density at radius 1 is 0.771 bits per heavy atom. The molecule has 0 bridgehead atoms. The second-order valence-corrected chi connectivity index (χ2v) is 17.2. The van der Waals surface area contributed by atoms with E-state index >= 15 is 0 Å². The number of carbonyl (C=O) groups excluding carboxylic acids is 3. The highest BCUT2D eigenvalue weighted by molar-refractivity contribution is 5.85. The van der Waals surface area contributed by atoms with Crippen LogP contribution in [0.2, 0.25) is 0 Å². The van der Waals surface area contributed by atoms with E-state index in [0.717, 1.165) is 6.42 Å². The van der Waals surface area contributed by atoms with E-state index < -0.39 is 68.0 Å². The van der Waals surface area contributed by atoms with Crippen molar-refractivity contribution in [1.29, 1.82) is 0 Å². The third kappa shape index (κ3) is 9.46. The van der Waals surface area contributed by atoms with Gasteiger partial charge in [-0.2, -0.15) is 0 Å². The standard InChI is InChI=1S/C33H60O7.C4H8.2C2H6/c1-21(34)20-39-24(36)33(17,29(10,11)28(8,9)26(2,3)4)31(14,15)30(12,13)32(16,27(5,6)7)25(37)40-22-18-19-38-23(22)35;1-3-4-2;2*1-2/h21-22,34H,18-20H2,1-17H3;3H,1,4H2,2H3;2*1-2H3. The van der Waals surface area contributed by atoms with Crippen molar-refractivity contribution in [1.82, 2.24) is 0 Å². The molecule has 1 rings (SSSR count). The summed E-state index contributed by atoms with van der Waals surface area (Å²) in [6.45, 7) is 48.3. The SMILES string of the molecule is C=CCC.CC.CC.CC(O)COC(=O)C(C)(C(C)(C)C(C)(C)C(C)(C)C)C(C)(C)C(C)(C)C(C)(C(=O)OC1CCOC1=O)C(C)(C)C. The van der Waals surface area contributed by atoms with Crippen molar-refractivity contribution in [2.24, 2.45) is 43.3 Å². The van der Waals surface area contributed by atoms with Crippen LogP contribution >= 0.6 is 0 Å². The lowest BCUT2D eigenvalue weighted by atomic mass is 9.35. The molecule has 0 saturated carbocycles. The zero-order valence-electron chi connectivity index (χ0n) is 35.7. The molecule has 0 aromatic heterocycles. The van der Waals surface area contributed by atoms with E-state index in [1.807, 2.05) is 96.1 Å². The van der Waals surface area contributed by atoms with Gasteiger partial charge in [-0.15, -0.1) is 6.58 Å². The van der Waals surface area contributed by atoms with Crippen molar-refractivity contribution in [3.8, 4) is 0 Å². The quantitative estimate of drug-likeness (QED) is 0.131. The molecule has 0 radical (unpaired) electrons. The smallest absolute Gasteiger partial charge is 0.347 e. The fraction of sp³-hybridized carbons (Fsp3) is 0.878. The van der Waals surface area contributed by atoms with Crippen LogP contribution in [0.15, 0.2) is 12.7 Å². The van der Waals surface area contributed by atoms with Crippen molar-refractivity contribution in [2.75, 3.05) is 13.2 Å². The van der Waals surface area contributed by atoms with Crippen LogP contribution in [0.5, 0.6) is 0 Å². The van der Waals surface area contributed by atoms with Crippen molar-refractivity contribution in [2.45, 2.75) is 177 Å². The Morgan fingerprint density at radius 2 is 1.15 bits per heavy atom. The lowest BCUT2D eigenvalue weighted by Gasteiger charge is -2.68. The Morgan fingerprint density at radius 3 is 1.44 bits per heavy atom. The second-order valence-electron chi connectivity index (χ2n) is 17.2. The van der Waals surface area contributed by atoms with Crippen LogP contribution in [-0.4, -0.2) is 48.4 Å². The topological polar surface area (TPSA) is 99.1 Å².